The third kappa shape index (κ3) is 3.22. The summed E-state index contributed by atoms with van der Waals surface area (Å²) in [6, 6.07) is 10.3. The van der Waals surface area contributed by atoms with E-state index in [9.17, 15) is 0 Å². The molecular weight excluding hydrogens is 322 g/mol. The molecule has 4 rings (SSSR count). The van der Waals surface area contributed by atoms with Crippen molar-refractivity contribution < 1.29 is 4.52 Å². The fraction of sp³-hybridized carbons (Fsp3) is 0.353. The fourth-order valence-corrected chi connectivity index (χ4v) is 4.10. The van der Waals surface area contributed by atoms with Gasteiger partial charge in [0.1, 0.15) is 0 Å². The van der Waals surface area contributed by atoms with E-state index < -0.39 is 0 Å². The molecule has 0 radical (unpaired) electrons. The van der Waals surface area contributed by atoms with Gasteiger partial charge in [-0.2, -0.15) is 21.8 Å². The number of thioether (sulfide) groups is 1. The molecule has 1 saturated heterocycles. The molecule has 0 amide bonds. The average molecular weight is 341 g/mol. The topological polar surface area (TPSA) is 60.0 Å². The van der Waals surface area contributed by atoms with Crippen molar-refractivity contribution >= 4 is 11.8 Å². The molecule has 1 fully saturated rings. The first kappa shape index (κ1) is 15.4. The van der Waals surface area contributed by atoms with Crippen LogP contribution in [0.25, 0.3) is 11.4 Å². The summed E-state index contributed by atoms with van der Waals surface area (Å²) in [4.78, 5) is 6.96. The molecule has 3 aromatic rings. The summed E-state index contributed by atoms with van der Waals surface area (Å²) in [6.45, 7) is 1.67. The first-order valence-electron chi connectivity index (χ1n) is 7.98. The summed E-state index contributed by atoms with van der Waals surface area (Å²) in [7, 11) is 1.95. The van der Waals surface area contributed by atoms with Gasteiger partial charge in [-0.25, -0.2) is 0 Å². The molecule has 7 heteroatoms. The lowest BCUT2D eigenvalue weighted by Gasteiger charge is -2.33. The van der Waals surface area contributed by atoms with Crippen LogP contribution in [-0.4, -0.2) is 42.9 Å². The molecule has 1 aliphatic heterocycles. The molecule has 1 aliphatic rings. The van der Waals surface area contributed by atoms with E-state index in [1.807, 2.05) is 60.0 Å². The van der Waals surface area contributed by atoms with Crippen LogP contribution in [0.15, 0.2) is 47.2 Å². The van der Waals surface area contributed by atoms with E-state index in [0.717, 1.165) is 23.6 Å². The Morgan fingerprint density at radius 3 is 2.96 bits per heavy atom. The molecule has 6 nitrogen and oxygen atoms in total. The molecule has 0 spiro atoms. The Bertz CT molecular complexity index is 800. The van der Waals surface area contributed by atoms with E-state index in [0.29, 0.717) is 24.3 Å². The van der Waals surface area contributed by atoms with E-state index in [1.54, 1.807) is 0 Å². The lowest BCUT2D eigenvalue weighted by molar-refractivity contribution is 0.184. The lowest BCUT2D eigenvalue weighted by Crippen LogP contribution is -2.35. The summed E-state index contributed by atoms with van der Waals surface area (Å²) in [5.74, 6) is 3.49. The van der Waals surface area contributed by atoms with Gasteiger partial charge in [0.05, 0.1) is 12.7 Å². The summed E-state index contributed by atoms with van der Waals surface area (Å²) in [6.07, 6.45) is 4.04. The van der Waals surface area contributed by atoms with E-state index in [2.05, 4.69) is 26.3 Å². The highest BCUT2D eigenvalue weighted by Crippen LogP contribution is 2.30. The molecule has 0 aliphatic carbocycles. The SMILES string of the molecule is Cn1cc(C2CSCCN2Cc2nc(-c3ccccc3)no2)cn1. The van der Waals surface area contributed by atoms with Crippen LogP contribution in [0.3, 0.4) is 0 Å². The minimum Gasteiger partial charge on any atom is -0.338 e. The highest BCUT2D eigenvalue weighted by molar-refractivity contribution is 7.99. The predicted octanol–water partition coefficient (Wildman–Crippen LogP) is 2.76. The molecule has 0 saturated carbocycles. The zero-order valence-corrected chi connectivity index (χ0v) is 14.3. The maximum absolute atomic E-state index is 5.48. The lowest BCUT2D eigenvalue weighted by atomic mass is 10.1. The molecule has 1 atom stereocenters. The molecule has 1 aromatic carbocycles. The average Bonchev–Trinajstić information content (AvgIpc) is 3.25. The molecule has 2 aromatic heterocycles. The van der Waals surface area contributed by atoms with E-state index in [4.69, 9.17) is 4.52 Å². The van der Waals surface area contributed by atoms with Crippen LogP contribution in [0.4, 0.5) is 0 Å². The van der Waals surface area contributed by atoms with Crippen LogP contribution in [0.5, 0.6) is 0 Å². The Balaban J connectivity index is 1.52. The van der Waals surface area contributed by atoms with Crippen molar-refractivity contribution in [3.8, 4) is 11.4 Å². The highest BCUT2D eigenvalue weighted by Gasteiger charge is 2.27. The normalized spacial score (nSPS) is 18.8. The van der Waals surface area contributed by atoms with Gasteiger partial charge in [-0.05, 0) is 0 Å². The van der Waals surface area contributed by atoms with Crippen molar-refractivity contribution in [2.24, 2.45) is 7.05 Å². The fourth-order valence-electron chi connectivity index (χ4n) is 2.94. The smallest absolute Gasteiger partial charge is 0.241 e. The number of rotatable bonds is 4. The van der Waals surface area contributed by atoms with Gasteiger partial charge in [0.2, 0.25) is 11.7 Å². The zero-order chi connectivity index (χ0) is 16.4. The monoisotopic (exact) mass is 341 g/mol. The minimum absolute atomic E-state index is 0.338. The van der Waals surface area contributed by atoms with Crippen molar-refractivity contribution in [3.63, 3.8) is 0 Å². The first-order valence-corrected chi connectivity index (χ1v) is 9.13. The highest BCUT2D eigenvalue weighted by atomic mass is 32.2. The van der Waals surface area contributed by atoms with Crippen molar-refractivity contribution in [2.75, 3.05) is 18.1 Å². The van der Waals surface area contributed by atoms with Gasteiger partial charge in [-0.3, -0.25) is 9.58 Å². The Kier molecular flexibility index (Phi) is 4.36. The van der Waals surface area contributed by atoms with E-state index >= 15 is 0 Å². The third-order valence-electron chi connectivity index (χ3n) is 4.19. The van der Waals surface area contributed by atoms with Gasteiger partial charge in [-0.1, -0.05) is 35.5 Å². The second kappa shape index (κ2) is 6.78. The summed E-state index contributed by atoms with van der Waals surface area (Å²) in [5, 5.41) is 8.43. The second-order valence-corrected chi connectivity index (χ2v) is 7.04. The van der Waals surface area contributed by atoms with Gasteiger partial charge >= 0.3 is 0 Å². The number of aromatic nitrogens is 4. The predicted molar refractivity (Wildman–Crippen MR) is 93.4 cm³/mol. The van der Waals surface area contributed by atoms with Crippen molar-refractivity contribution in [1.82, 2.24) is 24.8 Å². The maximum atomic E-state index is 5.48. The van der Waals surface area contributed by atoms with Crippen LogP contribution in [0, 0.1) is 0 Å². The molecule has 0 N–H and O–H groups in total. The van der Waals surface area contributed by atoms with Gasteiger partial charge in [0.25, 0.3) is 0 Å². The summed E-state index contributed by atoms with van der Waals surface area (Å²) < 4.78 is 7.33. The maximum Gasteiger partial charge on any atom is 0.241 e. The first-order chi connectivity index (χ1) is 11.8. The van der Waals surface area contributed by atoms with Crippen molar-refractivity contribution in [3.05, 3.63) is 54.2 Å². The summed E-state index contributed by atoms with van der Waals surface area (Å²) >= 11 is 1.98. The van der Waals surface area contributed by atoms with Crippen LogP contribution >= 0.6 is 11.8 Å². The third-order valence-corrected chi connectivity index (χ3v) is 5.21. The van der Waals surface area contributed by atoms with Crippen molar-refractivity contribution in [2.45, 2.75) is 12.6 Å². The van der Waals surface area contributed by atoms with Gasteiger partial charge in [-0.15, -0.1) is 0 Å². The number of benzene rings is 1. The number of nitrogens with zero attached hydrogens (tertiary/aromatic N) is 5. The van der Waals surface area contributed by atoms with Crippen LogP contribution in [0.2, 0.25) is 0 Å². The Morgan fingerprint density at radius 1 is 1.29 bits per heavy atom. The van der Waals surface area contributed by atoms with E-state index in [1.165, 1.54) is 5.56 Å². The number of hydrogen-bond acceptors (Lipinski definition) is 6. The Morgan fingerprint density at radius 2 is 2.17 bits per heavy atom. The van der Waals surface area contributed by atoms with Crippen molar-refractivity contribution in [1.29, 1.82) is 0 Å². The van der Waals surface area contributed by atoms with E-state index in [-0.39, 0.29) is 0 Å². The van der Waals surface area contributed by atoms with Crippen LogP contribution in [0.1, 0.15) is 17.5 Å². The molecule has 1 unspecified atom stereocenters. The quantitative estimate of drug-likeness (QED) is 0.727. The van der Waals surface area contributed by atoms with Crippen LogP contribution < -0.4 is 0 Å². The standard InChI is InChI=1S/C17H19N5OS/c1-21-10-14(9-18-21)15-12-24-8-7-22(15)11-16-19-17(20-23-16)13-5-3-2-4-6-13/h2-6,9-10,15H,7-8,11-12H2,1H3. The molecule has 3 heterocycles. The Labute approximate surface area is 144 Å². The molecule has 0 bridgehead atoms. The molecular formula is C17H19N5OS. The number of hydrogen-bond donors (Lipinski definition) is 0. The molecule has 124 valence electrons. The number of aryl methyl sites for hydroxylation is 1. The van der Waals surface area contributed by atoms with Crippen LogP contribution in [-0.2, 0) is 13.6 Å². The zero-order valence-electron chi connectivity index (χ0n) is 13.5. The van der Waals surface area contributed by atoms with Gasteiger partial charge in [0.15, 0.2) is 0 Å². The largest absolute Gasteiger partial charge is 0.338 e. The van der Waals surface area contributed by atoms with Gasteiger partial charge < -0.3 is 4.52 Å². The summed E-state index contributed by atoms with van der Waals surface area (Å²) in [5.41, 5.74) is 2.22. The second-order valence-electron chi connectivity index (χ2n) is 5.89. The van der Waals surface area contributed by atoms with Gasteiger partial charge in [0, 0.05) is 48.5 Å². The molecule has 24 heavy (non-hydrogen) atoms. The Hall–Kier alpha value is -2.12. The minimum atomic E-state index is 0.338.